The van der Waals surface area contributed by atoms with Gasteiger partial charge in [0.05, 0.1) is 9.77 Å². The summed E-state index contributed by atoms with van der Waals surface area (Å²) in [5.41, 5.74) is 6.71. The average molecular weight is 395 g/mol. The Morgan fingerprint density at radius 2 is 2.04 bits per heavy atom. The third-order valence-corrected chi connectivity index (χ3v) is 5.88. The summed E-state index contributed by atoms with van der Waals surface area (Å²) in [5, 5.41) is 4.93. The Hall–Kier alpha value is -2.04. The van der Waals surface area contributed by atoms with E-state index >= 15 is 0 Å². The van der Waals surface area contributed by atoms with Crippen molar-refractivity contribution in [3.8, 4) is 28.6 Å². The molecule has 1 aromatic carbocycles. The smallest absolute Gasteiger partial charge is 0.263 e. The van der Waals surface area contributed by atoms with Crippen LogP contribution in [-0.4, -0.2) is 39.5 Å². The molecule has 25 heavy (non-hydrogen) atoms. The molecule has 0 aliphatic rings. The molecule has 0 bridgehead atoms. The first-order valence-corrected chi connectivity index (χ1v) is 10.3. The molecule has 7 nitrogen and oxygen atoms in total. The summed E-state index contributed by atoms with van der Waals surface area (Å²) in [6.07, 6.45) is 3.95. The molecule has 3 rings (SSSR count). The third kappa shape index (κ3) is 3.97. The maximum Gasteiger partial charge on any atom is 0.263 e. The van der Waals surface area contributed by atoms with Gasteiger partial charge in [0.25, 0.3) is 11.8 Å². The Kier molecular flexibility index (Phi) is 5.61. The Labute approximate surface area is 156 Å². The van der Waals surface area contributed by atoms with E-state index in [0.717, 1.165) is 20.4 Å². The quantitative estimate of drug-likeness (QED) is 0.609. The van der Waals surface area contributed by atoms with E-state index in [9.17, 15) is 4.79 Å². The van der Waals surface area contributed by atoms with Crippen LogP contribution in [0.2, 0.25) is 0 Å². The highest BCUT2D eigenvalue weighted by Gasteiger charge is 2.21. The summed E-state index contributed by atoms with van der Waals surface area (Å²) < 4.78 is 16.1. The van der Waals surface area contributed by atoms with E-state index in [-0.39, 0.29) is 6.61 Å². The van der Waals surface area contributed by atoms with Gasteiger partial charge in [-0.15, -0.1) is 23.5 Å². The Morgan fingerprint density at radius 1 is 1.28 bits per heavy atom. The van der Waals surface area contributed by atoms with E-state index in [1.54, 1.807) is 47.8 Å². The van der Waals surface area contributed by atoms with Crippen LogP contribution in [0.4, 0.5) is 0 Å². The van der Waals surface area contributed by atoms with Gasteiger partial charge < -0.3 is 15.0 Å². The zero-order valence-corrected chi connectivity index (χ0v) is 15.8. The van der Waals surface area contributed by atoms with E-state index in [1.165, 1.54) is 11.5 Å². The normalized spacial score (nSPS) is 10.8. The Morgan fingerprint density at radius 3 is 2.68 bits per heavy atom. The number of primary amides is 1. The molecule has 0 unspecified atom stereocenters. The molecule has 0 saturated heterocycles. The lowest BCUT2D eigenvalue weighted by molar-refractivity contribution is -0.119. The second-order valence-corrected chi connectivity index (χ2v) is 7.40. The lowest BCUT2D eigenvalue weighted by atomic mass is 10.2. The molecule has 0 aliphatic heterocycles. The molecular formula is C15H14N4O3S3. The van der Waals surface area contributed by atoms with Crippen LogP contribution in [0.3, 0.4) is 0 Å². The maximum atomic E-state index is 10.7. The van der Waals surface area contributed by atoms with E-state index in [4.69, 9.17) is 15.0 Å². The number of amides is 1. The van der Waals surface area contributed by atoms with Gasteiger partial charge in [-0.2, -0.15) is 9.36 Å². The molecule has 0 saturated carbocycles. The van der Waals surface area contributed by atoms with Crippen LogP contribution >= 0.6 is 35.1 Å². The highest BCUT2D eigenvalue weighted by molar-refractivity contribution is 8.01. The van der Waals surface area contributed by atoms with Crippen LogP contribution in [0.5, 0.6) is 5.75 Å². The number of benzene rings is 1. The van der Waals surface area contributed by atoms with E-state index in [1.807, 2.05) is 12.5 Å². The number of ether oxygens (including phenoxy) is 1. The molecule has 0 fully saturated rings. The largest absolute Gasteiger partial charge is 0.484 e. The number of carbonyl (C=O) groups is 1. The fourth-order valence-corrected chi connectivity index (χ4v) is 4.28. The molecule has 0 atom stereocenters. The molecule has 0 radical (unpaired) electrons. The van der Waals surface area contributed by atoms with E-state index < -0.39 is 5.91 Å². The number of hydrogen-bond acceptors (Lipinski definition) is 9. The average Bonchev–Trinajstić information content (AvgIpc) is 3.26. The topological polar surface area (TPSA) is 104 Å². The lowest BCUT2D eigenvalue weighted by Gasteiger charge is -2.03. The van der Waals surface area contributed by atoms with Gasteiger partial charge in [-0.1, -0.05) is 5.16 Å². The van der Waals surface area contributed by atoms with Crippen molar-refractivity contribution < 1.29 is 14.1 Å². The van der Waals surface area contributed by atoms with Crippen molar-refractivity contribution in [2.45, 2.75) is 9.24 Å². The van der Waals surface area contributed by atoms with Crippen LogP contribution in [0.1, 0.15) is 0 Å². The molecule has 3 aromatic rings. The number of hydrogen-bond donors (Lipinski definition) is 1. The van der Waals surface area contributed by atoms with Crippen molar-refractivity contribution in [3.63, 3.8) is 0 Å². The first-order chi connectivity index (χ1) is 12.1. The number of nitrogens with zero attached hydrogens (tertiary/aromatic N) is 3. The summed E-state index contributed by atoms with van der Waals surface area (Å²) in [7, 11) is 0. The molecule has 0 spiro atoms. The monoisotopic (exact) mass is 394 g/mol. The van der Waals surface area contributed by atoms with Crippen molar-refractivity contribution in [1.82, 2.24) is 14.5 Å². The van der Waals surface area contributed by atoms with Crippen molar-refractivity contribution in [3.05, 3.63) is 24.3 Å². The molecule has 2 heterocycles. The van der Waals surface area contributed by atoms with Crippen LogP contribution < -0.4 is 10.5 Å². The number of rotatable bonds is 7. The highest BCUT2D eigenvalue weighted by atomic mass is 32.2. The second-order valence-electron chi connectivity index (χ2n) is 4.76. The van der Waals surface area contributed by atoms with Gasteiger partial charge in [-0.25, -0.2) is 0 Å². The minimum atomic E-state index is -0.523. The van der Waals surface area contributed by atoms with Gasteiger partial charge in [-0.3, -0.25) is 4.79 Å². The zero-order valence-electron chi connectivity index (χ0n) is 13.4. The van der Waals surface area contributed by atoms with Gasteiger partial charge in [0.2, 0.25) is 5.82 Å². The molecular weight excluding hydrogens is 380 g/mol. The molecule has 10 heteroatoms. The van der Waals surface area contributed by atoms with Crippen molar-refractivity contribution in [2.24, 2.45) is 5.73 Å². The fourth-order valence-electron chi connectivity index (χ4n) is 2.02. The molecule has 130 valence electrons. The van der Waals surface area contributed by atoms with Crippen molar-refractivity contribution in [2.75, 3.05) is 19.1 Å². The van der Waals surface area contributed by atoms with Gasteiger partial charge >= 0.3 is 0 Å². The Balaban J connectivity index is 1.84. The SMILES string of the molecule is CSc1nsc(SC)c1-c1nc(-c2ccc(OCC(N)=O)cc2)no1. The summed E-state index contributed by atoms with van der Waals surface area (Å²) >= 11 is 4.57. The highest BCUT2D eigenvalue weighted by Crippen LogP contribution is 2.40. The standard InChI is InChI=1S/C15H14N4O3S3/c1-23-14-11(15(24-2)25-19-14)13-17-12(18-22-13)8-3-5-9(6-4-8)21-7-10(16)20/h3-6H,7H2,1-2H3,(H2,16,20). The summed E-state index contributed by atoms with van der Waals surface area (Å²) in [4.78, 5) is 15.2. The first kappa shape index (κ1) is 17.8. The van der Waals surface area contributed by atoms with E-state index in [2.05, 4.69) is 14.5 Å². The summed E-state index contributed by atoms with van der Waals surface area (Å²) in [5.74, 6) is 0.946. The van der Waals surface area contributed by atoms with Crippen molar-refractivity contribution >= 4 is 41.0 Å². The van der Waals surface area contributed by atoms with Gasteiger partial charge in [-0.05, 0) is 48.3 Å². The van der Waals surface area contributed by atoms with Crippen LogP contribution in [0.15, 0.2) is 38.0 Å². The van der Waals surface area contributed by atoms with Gasteiger partial charge in [0, 0.05) is 5.56 Å². The third-order valence-electron chi connectivity index (χ3n) is 3.14. The van der Waals surface area contributed by atoms with Gasteiger partial charge in [0.1, 0.15) is 10.8 Å². The molecule has 2 N–H and O–H groups in total. The number of aromatic nitrogens is 3. The Bertz CT molecular complexity index is 855. The number of nitrogens with two attached hydrogens (primary N) is 1. The van der Waals surface area contributed by atoms with Gasteiger partial charge in [0.15, 0.2) is 6.61 Å². The van der Waals surface area contributed by atoms with Crippen molar-refractivity contribution in [1.29, 1.82) is 0 Å². The minimum Gasteiger partial charge on any atom is -0.484 e. The zero-order chi connectivity index (χ0) is 17.8. The maximum absolute atomic E-state index is 10.7. The lowest BCUT2D eigenvalue weighted by Crippen LogP contribution is -2.19. The second kappa shape index (κ2) is 7.89. The fraction of sp³-hybridized carbons (Fsp3) is 0.200. The summed E-state index contributed by atoms with van der Waals surface area (Å²) in [6.45, 7) is -0.161. The minimum absolute atomic E-state index is 0.161. The predicted molar refractivity (Wildman–Crippen MR) is 99.1 cm³/mol. The number of carbonyl (C=O) groups excluding carboxylic acids is 1. The number of thioether (sulfide) groups is 2. The molecule has 2 aromatic heterocycles. The predicted octanol–water partition coefficient (Wildman–Crippen LogP) is 3.17. The summed E-state index contributed by atoms with van der Waals surface area (Å²) in [6, 6.07) is 7.03. The van der Waals surface area contributed by atoms with Crippen LogP contribution in [0, 0.1) is 0 Å². The molecule has 1 amide bonds. The molecule has 0 aliphatic carbocycles. The van der Waals surface area contributed by atoms with Crippen LogP contribution in [0.25, 0.3) is 22.8 Å². The van der Waals surface area contributed by atoms with Crippen LogP contribution in [-0.2, 0) is 4.79 Å². The first-order valence-electron chi connectivity index (χ1n) is 7.05. The van der Waals surface area contributed by atoms with E-state index in [0.29, 0.717) is 17.5 Å².